The zero-order valence-electron chi connectivity index (χ0n) is 21.3. The molecule has 38 heavy (non-hydrogen) atoms. The van der Waals surface area contributed by atoms with E-state index in [-0.39, 0.29) is 29.6 Å². The van der Waals surface area contributed by atoms with Crippen LogP contribution >= 0.6 is 0 Å². The Morgan fingerprint density at radius 2 is 1.68 bits per heavy atom. The van der Waals surface area contributed by atoms with Crippen LogP contribution in [0.2, 0.25) is 0 Å². The number of hydrogen-bond donors (Lipinski definition) is 0. The van der Waals surface area contributed by atoms with E-state index in [1.54, 1.807) is 21.6 Å². The lowest BCUT2D eigenvalue weighted by Crippen LogP contribution is -2.34. The van der Waals surface area contributed by atoms with Gasteiger partial charge in [-0.2, -0.15) is 0 Å². The molecule has 6 nitrogen and oxygen atoms in total. The third-order valence-electron chi connectivity index (χ3n) is 6.89. The van der Waals surface area contributed by atoms with Crippen molar-refractivity contribution in [3.05, 3.63) is 119 Å². The Balaban J connectivity index is 1.52. The van der Waals surface area contributed by atoms with Gasteiger partial charge in [0.1, 0.15) is 5.82 Å². The van der Waals surface area contributed by atoms with Gasteiger partial charge in [-0.3, -0.25) is 4.79 Å². The molecular formula is C30H30FN3O3S. The van der Waals surface area contributed by atoms with Crippen LogP contribution in [0.25, 0.3) is 0 Å². The van der Waals surface area contributed by atoms with Gasteiger partial charge in [0.25, 0.3) is 5.91 Å². The van der Waals surface area contributed by atoms with Crippen molar-refractivity contribution in [3.8, 4) is 0 Å². The lowest BCUT2D eigenvalue weighted by atomic mass is 10.1. The van der Waals surface area contributed by atoms with Crippen LogP contribution in [0.4, 0.5) is 4.39 Å². The molecule has 0 N–H and O–H groups in total. The largest absolute Gasteiger partial charge is 0.332 e. The number of halogens is 1. The van der Waals surface area contributed by atoms with Crippen LogP contribution in [0.3, 0.4) is 0 Å². The first-order chi connectivity index (χ1) is 18.3. The fourth-order valence-electron chi connectivity index (χ4n) is 4.57. The van der Waals surface area contributed by atoms with E-state index in [2.05, 4.69) is 4.98 Å². The first kappa shape index (κ1) is 25.9. The average molecular weight is 532 g/mol. The summed E-state index contributed by atoms with van der Waals surface area (Å²) in [4.78, 5) is 19.4. The summed E-state index contributed by atoms with van der Waals surface area (Å²) in [5, 5.41) is -0.0377. The molecular weight excluding hydrogens is 501 g/mol. The summed E-state index contributed by atoms with van der Waals surface area (Å²) in [5.41, 5.74) is 3.11. The molecule has 0 radical (unpaired) electrons. The zero-order chi connectivity index (χ0) is 26.7. The van der Waals surface area contributed by atoms with E-state index >= 15 is 0 Å². The second kappa shape index (κ2) is 10.9. The molecule has 0 saturated heterocycles. The van der Waals surface area contributed by atoms with Crippen LogP contribution in [0, 0.1) is 18.7 Å². The number of hydrogen-bond acceptors (Lipinski definition) is 4. The van der Waals surface area contributed by atoms with E-state index in [0.29, 0.717) is 23.7 Å². The van der Waals surface area contributed by atoms with Crippen molar-refractivity contribution in [1.82, 2.24) is 14.5 Å². The smallest absolute Gasteiger partial charge is 0.257 e. The Morgan fingerprint density at radius 3 is 2.39 bits per heavy atom. The fourth-order valence-corrected chi connectivity index (χ4v) is 6.17. The number of rotatable bonds is 10. The summed E-state index contributed by atoms with van der Waals surface area (Å²) in [6.07, 6.45) is 3.56. The predicted molar refractivity (Wildman–Crippen MR) is 144 cm³/mol. The Labute approximate surface area is 222 Å². The van der Waals surface area contributed by atoms with Gasteiger partial charge < -0.3 is 9.47 Å². The maximum atomic E-state index is 14.5. The topological polar surface area (TPSA) is 72.3 Å². The van der Waals surface area contributed by atoms with Crippen molar-refractivity contribution in [2.45, 2.75) is 43.8 Å². The lowest BCUT2D eigenvalue weighted by Gasteiger charge is -2.24. The van der Waals surface area contributed by atoms with E-state index in [4.69, 9.17) is 0 Å². The SMILES string of the molecule is Cc1ccccc1CS(=O)(=O)c1ncc(CN(CC2CC2)C(=O)c2ccccc2F)n1Cc1ccccc1. The summed E-state index contributed by atoms with van der Waals surface area (Å²) >= 11 is 0. The highest BCUT2D eigenvalue weighted by Gasteiger charge is 2.31. The number of imidazole rings is 1. The third kappa shape index (κ3) is 5.86. The van der Waals surface area contributed by atoms with E-state index in [9.17, 15) is 17.6 Å². The number of carbonyl (C=O) groups excluding carboxylic acids is 1. The predicted octanol–water partition coefficient (Wildman–Crippen LogP) is 5.41. The Morgan fingerprint density at radius 1 is 1.00 bits per heavy atom. The summed E-state index contributed by atoms with van der Waals surface area (Å²) in [5.74, 6) is -0.796. The maximum Gasteiger partial charge on any atom is 0.257 e. The van der Waals surface area contributed by atoms with Crippen molar-refractivity contribution >= 4 is 15.7 Å². The first-order valence-corrected chi connectivity index (χ1v) is 14.4. The van der Waals surface area contributed by atoms with Gasteiger partial charge in [0, 0.05) is 6.54 Å². The van der Waals surface area contributed by atoms with Crippen LogP contribution in [-0.4, -0.2) is 35.3 Å². The lowest BCUT2D eigenvalue weighted by molar-refractivity contribution is 0.0726. The second-order valence-electron chi connectivity index (χ2n) is 9.90. The van der Waals surface area contributed by atoms with E-state index < -0.39 is 21.6 Å². The van der Waals surface area contributed by atoms with Crippen LogP contribution in [0.15, 0.2) is 90.2 Å². The molecule has 1 heterocycles. The monoisotopic (exact) mass is 531 g/mol. The molecule has 0 spiro atoms. The van der Waals surface area contributed by atoms with Crippen molar-refractivity contribution in [3.63, 3.8) is 0 Å². The number of carbonyl (C=O) groups is 1. The number of nitrogens with zero attached hydrogens (tertiary/aromatic N) is 3. The summed E-state index contributed by atoms with van der Waals surface area (Å²) in [6, 6.07) is 22.9. The normalized spacial score (nSPS) is 13.4. The standard InChI is InChI=1S/C30H30FN3O3S/c1-22-9-5-6-12-25(22)21-38(36,37)30-32-17-26(34(30)19-23-10-3-2-4-11-23)20-33(18-24-15-16-24)29(35)27-13-7-8-14-28(27)31/h2-14,17,24H,15-16,18-21H2,1H3. The molecule has 3 aromatic carbocycles. The quantitative estimate of drug-likeness (QED) is 0.275. The molecule has 0 aliphatic heterocycles. The Kier molecular flexibility index (Phi) is 7.42. The fraction of sp³-hybridized carbons (Fsp3) is 0.267. The van der Waals surface area contributed by atoms with Gasteiger partial charge in [-0.15, -0.1) is 0 Å². The highest BCUT2D eigenvalue weighted by atomic mass is 32.2. The molecule has 1 aromatic heterocycles. The second-order valence-corrected chi connectivity index (χ2v) is 11.8. The van der Waals surface area contributed by atoms with Crippen molar-refractivity contribution in [2.24, 2.45) is 5.92 Å². The van der Waals surface area contributed by atoms with Gasteiger partial charge in [-0.25, -0.2) is 17.8 Å². The molecule has 196 valence electrons. The number of aromatic nitrogens is 2. The summed E-state index contributed by atoms with van der Waals surface area (Å²) < 4.78 is 43.5. The summed E-state index contributed by atoms with van der Waals surface area (Å²) in [6.45, 7) is 2.78. The minimum Gasteiger partial charge on any atom is -0.332 e. The molecule has 0 atom stereocenters. The molecule has 0 unspecified atom stereocenters. The maximum absolute atomic E-state index is 14.5. The van der Waals surface area contributed by atoms with Gasteiger partial charge in [0.2, 0.25) is 15.0 Å². The highest BCUT2D eigenvalue weighted by Crippen LogP contribution is 2.31. The van der Waals surface area contributed by atoms with Gasteiger partial charge in [-0.05, 0) is 54.5 Å². The molecule has 5 rings (SSSR count). The molecule has 1 aliphatic carbocycles. The van der Waals surface area contributed by atoms with E-state index in [1.807, 2.05) is 61.5 Å². The van der Waals surface area contributed by atoms with Gasteiger partial charge >= 0.3 is 0 Å². The van der Waals surface area contributed by atoms with Crippen molar-refractivity contribution in [2.75, 3.05) is 6.54 Å². The minimum absolute atomic E-state index is 0.00896. The Hall–Kier alpha value is -3.78. The number of benzene rings is 3. The van der Waals surface area contributed by atoms with E-state index in [0.717, 1.165) is 24.0 Å². The summed E-state index contributed by atoms with van der Waals surface area (Å²) in [7, 11) is -3.80. The molecule has 4 aromatic rings. The molecule has 1 saturated carbocycles. The van der Waals surface area contributed by atoms with Crippen LogP contribution < -0.4 is 0 Å². The molecule has 8 heteroatoms. The molecule has 1 aliphatic rings. The van der Waals surface area contributed by atoms with Crippen LogP contribution in [0.5, 0.6) is 0 Å². The molecule has 0 bridgehead atoms. The number of sulfone groups is 1. The number of amides is 1. The Bertz CT molecular complexity index is 1550. The van der Waals surface area contributed by atoms with Gasteiger partial charge in [0.05, 0.1) is 36.3 Å². The molecule has 1 amide bonds. The first-order valence-electron chi connectivity index (χ1n) is 12.7. The van der Waals surface area contributed by atoms with Crippen LogP contribution in [-0.2, 0) is 28.7 Å². The zero-order valence-corrected chi connectivity index (χ0v) is 22.1. The molecule has 1 fully saturated rings. The van der Waals surface area contributed by atoms with Gasteiger partial charge in [-0.1, -0.05) is 66.7 Å². The van der Waals surface area contributed by atoms with Crippen LogP contribution in [0.1, 0.15) is 45.6 Å². The third-order valence-corrected chi connectivity index (χ3v) is 8.46. The van der Waals surface area contributed by atoms with E-state index in [1.165, 1.54) is 18.3 Å². The number of aryl methyl sites for hydroxylation is 1. The van der Waals surface area contributed by atoms with Crippen molar-refractivity contribution in [1.29, 1.82) is 0 Å². The highest BCUT2D eigenvalue weighted by molar-refractivity contribution is 7.90. The van der Waals surface area contributed by atoms with Crippen molar-refractivity contribution < 1.29 is 17.6 Å². The average Bonchev–Trinajstić information content (AvgIpc) is 3.64. The minimum atomic E-state index is -3.80. The van der Waals surface area contributed by atoms with Gasteiger partial charge in [0.15, 0.2) is 0 Å².